The lowest BCUT2D eigenvalue weighted by molar-refractivity contribution is -0.131. The van der Waals surface area contributed by atoms with E-state index in [1.165, 1.54) is 16.7 Å². The van der Waals surface area contributed by atoms with Crippen molar-refractivity contribution in [2.24, 2.45) is 32.7 Å². The lowest BCUT2D eigenvalue weighted by Crippen LogP contribution is -2.42. The predicted molar refractivity (Wildman–Crippen MR) is 109 cm³/mol. The maximum atomic E-state index is 13.0. The van der Waals surface area contributed by atoms with E-state index in [1.807, 2.05) is 13.1 Å². The third kappa shape index (κ3) is 3.32. The summed E-state index contributed by atoms with van der Waals surface area (Å²) in [6.07, 6.45) is 2.00. The Labute approximate surface area is 169 Å². The first-order valence-electron chi connectivity index (χ1n) is 9.82. The smallest absolute Gasteiger partial charge is 0.240 e. The number of thioether (sulfide) groups is 1. The second kappa shape index (κ2) is 7.85. The summed E-state index contributed by atoms with van der Waals surface area (Å²) in [7, 11) is 3.29. The van der Waals surface area contributed by atoms with Crippen molar-refractivity contribution in [2.45, 2.75) is 57.3 Å². The van der Waals surface area contributed by atoms with Crippen LogP contribution in [0.1, 0.15) is 26.7 Å². The van der Waals surface area contributed by atoms with Crippen molar-refractivity contribution in [2.75, 3.05) is 20.0 Å². The van der Waals surface area contributed by atoms with E-state index in [-0.39, 0.29) is 48.1 Å². The van der Waals surface area contributed by atoms with Gasteiger partial charge in [-0.25, -0.2) is 0 Å². The molecule has 8 unspecified atom stereocenters. The zero-order chi connectivity index (χ0) is 20.0. The van der Waals surface area contributed by atoms with Crippen LogP contribution in [-0.2, 0) is 14.3 Å². The Morgan fingerprint density at radius 2 is 2.00 bits per heavy atom. The number of amidine groups is 1. The lowest BCUT2D eigenvalue weighted by Gasteiger charge is -2.36. The Hall–Kier alpha value is -1.29. The second-order valence-corrected chi connectivity index (χ2v) is 9.05. The Bertz CT molecular complexity index is 727. The van der Waals surface area contributed by atoms with E-state index >= 15 is 0 Å². The zero-order valence-electron chi connectivity index (χ0n) is 16.7. The molecule has 0 spiro atoms. The van der Waals surface area contributed by atoms with Crippen molar-refractivity contribution >= 4 is 34.8 Å². The molecule has 0 aliphatic carbocycles. The highest BCUT2D eigenvalue weighted by molar-refractivity contribution is 8.14. The summed E-state index contributed by atoms with van der Waals surface area (Å²) in [6, 6.07) is 0.132. The van der Waals surface area contributed by atoms with Crippen molar-refractivity contribution in [3.8, 4) is 0 Å². The van der Waals surface area contributed by atoms with E-state index in [1.54, 1.807) is 14.2 Å². The van der Waals surface area contributed by atoms with Gasteiger partial charge in [0, 0.05) is 32.1 Å². The van der Waals surface area contributed by atoms with Crippen LogP contribution in [0.4, 0.5) is 0 Å². The second-order valence-electron chi connectivity index (χ2n) is 8.06. The van der Waals surface area contributed by atoms with E-state index in [0.29, 0.717) is 10.9 Å². The zero-order valence-corrected chi connectivity index (χ0v) is 17.5. The Kier molecular flexibility index (Phi) is 5.61. The summed E-state index contributed by atoms with van der Waals surface area (Å²) < 4.78 is 10.9. The third-order valence-electron chi connectivity index (χ3n) is 6.10. The van der Waals surface area contributed by atoms with Crippen LogP contribution in [0.15, 0.2) is 15.0 Å². The molecule has 0 aromatic carbocycles. The molecule has 1 fully saturated rings. The van der Waals surface area contributed by atoms with Gasteiger partial charge in [-0.05, 0) is 25.7 Å². The average Bonchev–Trinajstić information content (AvgIpc) is 3.22. The van der Waals surface area contributed by atoms with Crippen LogP contribution in [0, 0.1) is 17.8 Å². The van der Waals surface area contributed by atoms with Crippen LogP contribution >= 0.6 is 11.8 Å². The van der Waals surface area contributed by atoms with Gasteiger partial charge in [0.25, 0.3) is 0 Å². The highest BCUT2D eigenvalue weighted by Gasteiger charge is 2.52. The fourth-order valence-corrected chi connectivity index (χ4v) is 5.66. The normalized spacial score (nSPS) is 43.2. The number of hydrogen-bond acceptors (Lipinski definition) is 8. The van der Waals surface area contributed by atoms with E-state index in [2.05, 4.69) is 16.9 Å². The van der Waals surface area contributed by atoms with Gasteiger partial charge < -0.3 is 14.6 Å². The number of aliphatic hydroxyl groups excluding tert-OH is 1. The molecule has 4 aliphatic rings. The lowest BCUT2D eigenvalue weighted by atomic mass is 9.78. The highest BCUT2D eigenvalue weighted by Crippen LogP contribution is 2.40. The average molecular weight is 409 g/mol. The van der Waals surface area contributed by atoms with Crippen molar-refractivity contribution in [3.63, 3.8) is 0 Å². The van der Waals surface area contributed by atoms with Gasteiger partial charge in [0.05, 0.1) is 23.7 Å². The van der Waals surface area contributed by atoms with Gasteiger partial charge in [-0.2, -0.15) is 0 Å². The molecule has 28 heavy (non-hydrogen) atoms. The number of methoxy groups -OCH3 is 2. The maximum Gasteiger partial charge on any atom is 0.240 e. The first-order valence-corrected chi connectivity index (χ1v) is 10.8. The largest absolute Gasteiger partial charge is 0.377 e. The van der Waals surface area contributed by atoms with Gasteiger partial charge in [-0.15, -0.1) is 0 Å². The molecule has 8 atom stereocenters. The fourth-order valence-electron chi connectivity index (χ4n) is 4.61. The quantitative estimate of drug-likeness (QED) is 0.757. The number of hydrogen-bond donors (Lipinski definition) is 1. The number of carbonyl (C=O) groups is 1. The van der Waals surface area contributed by atoms with Crippen molar-refractivity contribution < 1.29 is 19.4 Å². The van der Waals surface area contributed by atoms with Crippen molar-refractivity contribution in [1.29, 1.82) is 0 Å². The molecule has 4 heterocycles. The standard InChI is InChI=1S/C19H28N4O4S/c1-9-5-12(11-6-13(26-3)16(27-4)20-7-11)22-15-14(9)17(24)23(18(15)25)19-21-10(2)8-28-19/h7,9-14,16,18,25H,5-6,8H2,1-4H3. The van der Waals surface area contributed by atoms with E-state index < -0.39 is 6.23 Å². The molecule has 0 aromatic heterocycles. The monoisotopic (exact) mass is 408 g/mol. The summed E-state index contributed by atoms with van der Waals surface area (Å²) in [5, 5.41) is 11.5. The van der Waals surface area contributed by atoms with Gasteiger partial charge >= 0.3 is 0 Å². The summed E-state index contributed by atoms with van der Waals surface area (Å²) in [5.41, 5.74) is 0.577. The SMILES string of the molecule is COC1CC(C2CC(C)C3C(=O)N(C4=NC(C)CS4)C(O)C3=N2)C=NC1OC. The highest BCUT2D eigenvalue weighted by atomic mass is 32.2. The van der Waals surface area contributed by atoms with Gasteiger partial charge in [-0.3, -0.25) is 24.7 Å². The molecule has 9 heteroatoms. The van der Waals surface area contributed by atoms with Crippen LogP contribution in [0.2, 0.25) is 0 Å². The topological polar surface area (TPSA) is 96.1 Å². The van der Waals surface area contributed by atoms with Gasteiger partial charge in [0.15, 0.2) is 17.6 Å². The molecule has 0 saturated carbocycles. The maximum absolute atomic E-state index is 13.0. The number of amides is 1. The molecule has 4 rings (SSSR count). The molecule has 154 valence electrons. The molecule has 4 aliphatic heterocycles. The number of ether oxygens (including phenoxy) is 2. The van der Waals surface area contributed by atoms with Crippen LogP contribution in [0.3, 0.4) is 0 Å². The Balaban J connectivity index is 1.59. The number of rotatable bonds is 3. The Morgan fingerprint density at radius 1 is 1.21 bits per heavy atom. The molecule has 8 nitrogen and oxygen atoms in total. The van der Waals surface area contributed by atoms with Gasteiger partial charge in [0.2, 0.25) is 5.91 Å². The number of likely N-dealkylation sites (tertiary alicyclic amines) is 1. The number of aliphatic hydroxyl groups is 1. The third-order valence-corrected chi connectivity index (χ3v) is 7.31. The van der Waals surface area contributed by atoms with Crippen LogP contribution in [-0.4, -0.2) is 83.6 Å². The molecular weight excluding hydrogens is 380 g/mol. The number of nitrogens with zero attached hydrogens (tertiary/aromatic N) is 4. The van der Waals surface area contributed by atoms with E-state index in [9.17, 15) is 9.90 Å². The Morgan fingerprint density at radius 3 is 2.64 bits per heavy atom. The minimum atomic E-state index is -1.02. The molecule has 0 radical (unpaired) electrons. The molecule has 0 bridgehead atoms. The summed E-state index contributed by atoms with van der Waals surface area (Å²) in [6.45, 7) is 4.08. The van der Waals surface area contributed by atoms with E-state index in [4.69, 9.17) is 14.5 Å². The number of aliphatic imine (C=N–C) groups is 3. The first kappa shape index (κ1) is 20.0. The van der Waals surface area contributed by atoms with Gasteiger partial charge in [0.1, 0.15) is 6.10 Å². The van der Waals surface area contributed by atoms with E-state index in [0.717, 1.165) is 18.6 Å². The van der Waals surface area contributed by atoms with Gasteiger partial charge in [-0.1, -0.05) is 18.7 Å². The van der Waals surface area contributed by atoms with Crippen LogP contribution in [0.5, 0.6) is 0 Å². The summed E-state index contributed by atoms with van der Waals surface area (Å²) >= 11 is 1.53. The molecule has 1 saturated heterocycles. The molecule has 1 amide bonds. The summed E-state index contributed by atoms with van der Waals surface area (Å²) in [4.78, 5) is 28.4. The molecular formula is C19H28N4O4S. The predicted octanol–water partition coefficient (Wildman–Crippen LogP) is 1.18. The first-order chi connectivity index (χ1) is 13.4. The van der Waals surface area contributed by atoms with Crippen molar-refractivity contribution in [3.05, 3.63) is 0 Å². The minimum Gasteiger partial charge on any atom is -0.377 e. The number of carbonyl (C=O) groups excluding carboxylic acids is 1. The van der Waals surface area contributed by atoms with Crippen LogP contribution in [0.25, 0.3) is 0 Å². The minimum absolute atomic E-state index is 0.0278. The molecule has 1 N–H and O–H groups in total. The van der Waals surface area contributed by atoms with Crippen molar-refractivity contribution in [1.82, 2.24) is 4.90 Å². The fraction of sp³-hybridized carbons (Fsp3) is 0.789. The molecule has 0 aromatic rings. The summed E-state index contributed by atoms with van der Waals surface area (Å²) in [5.74, 6) is 0.587. The van der Waals surface area contributed by atoms with Crippen LogP contribution < -0.4 is 0 Å². The number of fused-ring (bicyclic) bond motifs is 1.